The monoisotopic (exact) mass is 385 g/mol. The number of rotatable bonds is 2. The molecule has 0 spiro atoms. The van der Waals surface area contributed by atoms with Gasteiger partial charge >= 0.3 is 0 Å². The minimum Gasteiger partial charge on any atom is -0.270 e. The van der Waals surface area contributed by atoms with Crippen molar-refractivity contribution in [1.82, 2.24) is 4.90 Å². The normalized spacial score (nSPS) is 20.5. The van der Waals surface area contributed by atoms with Gasteiger partial charge in [0.15, 0.2) is 0 Å². The van der Waals surface area contributed by atoms with Crippen molar-refractivity contribution < 1.29 is 9.59 Å². The fourth-order valence-electron chi connectivity index (χ4n) is 3.47. The van der Waals surface area contributed by atoms with Gasteiger partial charge in [-0.1, -0.05) is 73.0 Å². The van der Waals surface area contributed by atoms with Gasteiger partial charge in [0.25, 0.3) is 11.8 Å². The third-order valence-corrected chi connectivity index (χ3v) is 5.60. The van der Waals surface area contributed by atoms with E-state index in [9.17, 15) is 9.59 Å². The Labute approximate surface area is 156 Å². The molecule has 3 rings (SSSR count). The van der Waals surface area contributed by atoms with Crippen LogP contribution in [0, 0.1) is 0 Å². The van der Waals surface area contributed by atoms with Crippen LogP contribution in [0.15, 0.2) is 23.2 Å². The zero-order valence-electron chi connectivity index (χ0n) is 13.2. The van der Waals surface area contributed by atoms with Crippen LogP contribution in [0.4, 0.5) is 0 Å². The number of nitrogens with zero attached hydrogens (tertiary/aromatic N) is 1. The summed E-state index contributed by atoms with van der Waals surface area (Å²) in [6.07, 6.45) is 7.23. The predicted molar refractivity (Wildman–Crippen MR) is 97.2 cm³/mol. The average Bonchev–Trinajstić information content (AvgIpc) is 2.71. The van der Waals surface area contributed by atoms with Crippen molar-refractivity contribution in [3.63, 3.8) is 0 Å². The van der Waals surface area contributed by atoms with Gasteiger partial charge in [-0.05, 0) is 25.0 Å². The lowest BCUT2D eigenvalue weighted by atomic mass is 9.95. The zero-order chi connectivity index (χ0) is 17.3. The number of hydrogen-bond donors (Lipinski definition) is 0. The summed E-state index contributed by atoms with van der Waals surface area (Å²) in [7, 11) is 0. The molecule has 0 unspecified atom stereocenters. The summed E-state index contributed by atoms with van der Waals surface area (Å²) in [5, 5.41) is 0.733. The molecule has 6 heteroatoms. The number of carbonyl (C=O) groups excluding carboxylic acids is 2. The number of halogens is 3. The highest BCUT2D eigenvalue weighted by molar-refractivity contribution is 6.55. The van der Waals surface area contributed by atoms with Crippen LogP contribution in [0.3, 0.4) is 0 Å². The summed E-state index contributed by atoms with van der Waals surface area (Å²) in [5.74, 6) is -0.756. The highest BCUT2D eigenvalue weighted by Crippen LogP contribution is 2.38. The zero-order valence-corrected chi connectivity index (χ0v) is 15.4. The van der Waals surface area contributed by atoms with Gasteiger partial charge in [0.2, 0.25) is 0 Å². The first kappa shape index (κ1) is 17.8. The molecule has 0 saturated heterocycles. The van der Waals surface area contributed by atoms with E-state index in [0.29, 0.717) is 15.6 Å². The van der Waals surface area contributed by atoms with Crippen LogP contribution < -0.4 is 0 Å². The van der Waals surface area contributed by atoms with E-state index in [2.05, 4.69) is 0 Å². The van der Waals surface area contributed by atoms with Crippen molar-refractivity contribution in [3.05, 3.63) is 38.8 Å². The molecule has 1 aromatic carbocycles. The van der Waals surface area contributed by atoms with Crippen LogP contribution in [0.2, 0.25) is 10.0 Å². The molecule has 3 nitrogen and oxygen atoms in total. The summed E-state index contributed by atoms with van der Waals surface area (Å²) in [6, 6.07) is 4.74. The van der Waals surface area contributed by atoms with Crippen molar-refractivity contribution in [1.29, 1.82) is 0 Å². The summed E-state index contributed by atoms with van der Waals surface area (Å²) < 4.78 is 0. The topological polar surface area (TPSA) is 37.4 Å². The maximum absolute atomic E-state index is 12.9. The fourth-order valence-corrected chi connectivity index (χ4v) is 4.25. The van der Waals surface area contributed by atoms with E-state index in [1.165, 1.54) is 11.3 Å². The number of benzene rings is 1. The van der Waals surface area contributed by atoms with Crippen LogP contribution in [0.1, 0.15) is 50.5 Å². The SMILES string of the molecule is O=C1C(Cl)=C(c2ccc(Cl)cc2Cl)C(=O)N1C1CCCCCCC1. The Balaban J connectivity index is 1.92. The first-order chi connectivity index (χ1) is 11.5. The minimum absolute atomic E-state index is 0.0497. The third-order valence-electron chi connectivity index (χ3n) is 4.70. The van der Waals surface area contributed by atoms with Crippen LogP contribution >= 0.6 is 34.8 Å². The van der Waals surface area contributed by atoms with E-state index in [1.54, 1.807) is 18.2 Å². The maximum atomic E-state index is 12.9. The fraction of sp³-hybridized carbons (Fsp3) is 0.444. The quantitative estimate of drug-likeness (QED) is 0.636. The molecule has 2 aliphatic rings. The third kappa shape index (κ3) is 3.35. The molecule has 1 aliphatic heterocycles. The van der Waals surface area contributed by atoms with E-state index in [4.69, 9.17) is 34.8 Å². The second kappa shape index (κ2) is 7.47. The van der Waals surface area contributed by atoms with Gasteiger partial charge in [0, 0.05) is 16.6 Å². The number of imide groups is 1. The first-order valence-corrected chi connectivity index (χ1v) is 9.37. The molecule has 1 saturated carbocycles. The molecular formula is C18H18Cl3NO2. The van der Waals surface area contributed by atoms with E-state index >= 15 is 0 Å². The van der Waals surface area contributed by atoms with Crippen molar-refractivity contribution in [2.45, 2.75) is 51.0 Å². The second-order valence-electron chi connectivity index (χ2n) is 6.29. The summed E-state index contributed by atoms with van der Waals surface area (Å²) >= 11 is 18.4. The van der Waals surface area contributed by atoms with Crippen LogP contribution in [-0.4, -0.2) is 22.8 Å². The summed E-state index contributed by atoms with van der Waals surface area (Å²) in [5.41, 5.74) is 0.642. The molecule has 1 aromatic rings. The second-order valence-corrected chi connectivity index (χ2v) is 7.51. The molecule has 0 atom stereocenters. The Morgan fingerprint density at radius 2 is 1.50 bits per heavy atom. The Hall–Kier alpha value is -1.03. The lowest BCUT2D eigenvalue weighted by molar-refractivity contribution is -0.139. The average molecular weight is 387 g/mol. The van der Waals surface area contributed by atoms with E-state index in [0.717, 1.165) is 38.5 Å². The molecule has 0 radical (unpaired) electrons. The molecule has 0 N–H and O–H groups in total. The van der Waals surface area contributed by atoms with Crippen molar-refractivity contribution >= 4 is 52.2 Å². The van der Waals surface area contributed by atoms with Crippen LogP contribution in [-0.2, 0) is 9.59 Å². The lowest BCUT2D eigenvalue weighted by Gasteiger charge is -2.28. The van der Waals surface area contributed by atoms with Crippen LogP contribution in [0.25, 0.3) is 5.57 Å². The van der Waals surface area contributed by atoms with Gasteiger partial charge in [-0.15, -0.1) is 0 Å². The Bertz CT molecular complexity index is 706. The molecule has 0 aromatic heterocycles. The molecule has 0 bridgehead atoms. The predicted octanol–water partition coefficient (Wildman–Crippen LogP) is 5.43. The van der Waals surface area contributed by atoms with Gasteiger partial charge in [0.05, 0.1) is 10.6 Å². The standard InChI is InChI=1S/C18H18Cl3NO2/c19-11-8-9-13(14(20)10-11)15-16(21)18(24)22(17(15)23)12-6-4-2-1-3-5-7-12/h8-10,12H,1-7H2. The molecule has 1 fully saturated rings. The largest absolute Gasteiger partial charge is 0.273 e. The van der Waals surface area contributed by atoms with Crippen molar-refractivity contribution in [3.8, 4) is 0 Å². The van der Waals surface area contributed by atoms with Gasteiger partial charge in [-0.2, -0.15) is 0 Å². The van der Waals surface area contributed by atoms with Gasteiger partial charge < -0.3 is 0 Å². The Kier molecular flexibility index (Phi) is 5.53. The van der Waals surface area contributed by atoms with Gasteiger partial charge in [-0.3, -0.25) is 14.5 Å². The number of carbonyl (C=O) groups is 2. The molecule has 1 heterocycles. The van der Waals surface area contributed by atoms with Gasteiger partial charge in [-0.25, -0.2) is 0 Å². The van der Waals surface area contributed by atoms with Crippen LogP contribution in [0.5, 0.6) is 0 Å². The Morgan fingerprint density at radius 1 is 0.875 bits per heavy atom. The summed E-state index contributed by atoms with van der Waals surface area (Å²) in [4.78, 5) is 26.9. The van der Waals surface area contributed by atoms with Gasteiger partial charge in [0.1, 0.15) is 5.03 Å². The smallest absolute Gasteiger partial charge is 0.270 e. The highest BCUT2D eigenvalue weighted by Gasteiger charge is 2.42. The van der Waals surface area contributed by atoms with E-state index in [1.807, 2.05) is 0 Å². The first-order valence-electron chi connectivity index (χ1n) is 8.24. The minimum atomic E-state index is -0.409. The van der Waals surface area contributed by atoms with Crippen molar-refractivity contribution in [2.75, 3.05) is 0 Å². The molecular weight excluding hydrogens is 369 g/mol. The molecule has 128 valence electrons. The highest BCUT2D eigenvalue weighted by atomic mass is 35.5. The molecule has 24 heavy (non-hydrogen) atoms. The maximum Gasteiger partial charge on any atom is 0.273 e. The van der Waals surface area contributed by atoms with E-state index < -0.39 is 5.91 Å². The lowest BCUT2D eigenvalue weighted by Crippen LogP contribution is -2.41. The number of hydrogen-bond acceptors (Lipinski definition) is 2. The summed E-state index contributed by atoms with van der Waals surface area (Å²) in [6.45, 7) is 0. The Morgan fingerprint density at radius 3 is 2.12 bits per heavy atom. The number of amides is 2. The van der Waals surface area contributed by atoms with E-state index in [-0.39, 0.29) is 22.6 Å². The molecule has 1 aliphatic carbocycles. The van der Waals surface area contributed by atoms with Crippen molar-refractivity contribution in [2.24, 2.45) is 0 Å². The molecule has 2 amide bonds.